The third kappa shape index (κ3) is 4.41. The second kappa shape index (κ2) is 8.46. The van der Waals surface area contributed by atoms with Gasteiger partial charge in [0, 0.05) is 39.8 Å². The summed E-state index contributed by atoms with van der Waals surface area (Å²) in [6, 6.07) is 10.1. The van der Waals surface area contributed by atoms with Gasteiger partial charge in [-0.25, -0.2) is 0 Å². The number of halogens is 2. The first-order valence-electron chi connectivity index (χ1n) is 5.85. The van der Waals surface area contributed by atoms with Crippen molar-refractivity contribution in [3.8, 4) is 17.0 Å². The summed E-state index contributed by atoms with van der Waals surface area (Å²) in [7, 11) is 1.70. The van der Waals surface area contributed by atoms with Crippen LogP contribution in [0.25, 0.3) is 11.3 Å². The molecule has 0 bridgehead atoms. The summed E-state index contributed by atoms with van der Waals surface area (Å²) in [6.45, 7) is 4.01. The molecule has 1 aromatic heterocycles. The number of ether oxygens (including phenoxy) is 1. The van der Waals surface area contributed by atoms with E-state index in [1.807, 2.05) is 28.7 Å². The predicted molar refractivity (Wildman–Crippen MR) is 89.4 cm³/mol. The van der Waals surface area contributed by atoms with Crippen LogP contribution in [0.2, 0.25) is 5.02 Å². The first-order valence-corrected chi connectivity index (χ1v) is 7.31. The van der Waals surface area contributed by atoms with Gasteiger partial charge in [-0.1, -0.05) is 35.5 Å². The Bertz CT molecular complexity index is 715. The smallest absolute Gasteiger partial charge is 0.207 e. The maximum atomic E-state index is 11.9. The van der Waals surface area contributed by atoms with Crippen molar-refractivity contribution in [1.82, 2.24) is 4.57 Å². The molecule has 0 spiro atoms. The van der Waals surface area contributed by atoms with Gasteiger partial charge < -0.3 is 9.30 Å². The van der Waals surface area contributed by atoms with E-state index < -0.39 is 0 Å². The van der Waals surface area contributed by atoms with Crippen molar-refractivity contribution in [1.29, 1.82) is 0 Å². The van der Waals surface area contributed by atoms with E-state index in [0.29, 0.717) is 26.6 Å². The van der Waals surface area contributed by atoms with Crippen molar-refractivity contribution in [2.45, 2.75) is 0 Å². The molecule has 6 heteroatoms. The van der Waals surface area contributed by atoms with Crippen LogP contribution >= 0.6 is 34.2 Å². The van der Waals surface area contributed by atoms with Crippen molar-refractivity contribution < 1.29 is 37.4 Å². The van der Waals surface area contributed by atoms with Gasteiger partial charge in [-0.05, 0) is 20.7 Å². The summed E-state index contributed by atoms with van der Waals surface area (Å²) >= 11 is 8.25. The monoisotopic (exact) mass is 489 g/mol. The molecule has 0 N–H and O–H groups in total. The van der Waals surface area contributed by atoms with Crippen LogP contribution in [-0.4, -0.2) is 11.2 Å². The molecule has 0 fully saturated rings. The van der Waals surface area contributed by atoms with Gasteiger partial charge in [-0.2, -0.15) is 12.1 Å². The molecule has 0 aliphatic rings. The Kier molecular flexibility index (Phi) is 7.61. The molecule has 0 aliphatic carbocycles. The SMILES string of the molecule is C=CCOc1ccc(-c2[c-]cc(I)c(=O)n2C)c(Cl)c1.[Y]. The van der Waals surface area contributed by atoms with E-state index in [9.17, 15) is 4.79 Å². The summed E-state index contributed by atoms with van der Waals surface area (Å²) in [4.78, 5) is 11.9. The molecule has 1 radical (unpaired) electrons. The molecule has 0 unspecified atom stereocenters. The topological polar surface area (TPSA) is 31.2 Å². The minimum absolute atomic E-state index is 0. The molecule has 1 heterocycles. The van der Waals surface area contributed by atoms with E-state index in [1.165, 1.54) is 4.57 Å². The number of hydrogen-bond acceptors (Lipinski definition) is 2. The van der Waals surface area contributed by atoms with Gasteiger partial charge in [-0.3, -0.25) is 4.79 Å². The Balaban J connectivity index is 0.00000220. The van der Waals surface area contributed by atoms with E-state index in [1.54, 1.807) is 31.3 Å². The molecule has 21 heavy (non-hydrogen) atoms. The molecule has 0 saturated heterocycles. The number of rotatable bonds is 4. The summed E-state index contributed by atoms with van der Waals surface area (Å²) in [6.07, 6.45) is 1.67. The van der Waals surface area contributed by atoms with Crippen molar-refractivity contribution in [2.75, 3.05) is 6.61 Å². The van der Waals surface area contributed by atoms with Gasteiger partial charge >= 0.3 is 0 Å². The standard InChI is InChI=1S/C15H12ClINO2.Y/c1-3-8-20-10-4-5-11(12(16)9-10)14-7-6-13(17)15(19)18(14)2;/h3-6,9H,1,8H2,2H3;/q-1;. The molecule has 2 rings (SSSR count). The zero-order chi connectivity index (χ0) is 14.7. The zero-order valence-corrected chi connectivity index (χ0v) is 17.1. The molecule has 0 amide bonds. The van der Waals surface area contributed by atoms with Gasteiger partial charge in [0.25, 0.3) is 0 Å². The third-order valence-electron chi connectivity index (χ3n) is 2.74. The molecule has 3 nitrogen and oxygen atoms in total. The number of hydrogen-bond donors (Lipinski definition) is 0. The largest absolute Gasteiger partial charge is 0.490 e. The summed E-state index contributed by atoms with van der Waals surface area (Å²) in [5.41, 5.74) is 1.33. The van der Waals surface area contributed by atoms with Crippen LogP contribution in [0, 0.1) is 9.64 Å². The van der Waals surface area contributed by atoms with E-state index in [4.69, 9.17) is 16.3 Å². The Morgan fingerprint density at radius 2 is 2.24 bits per heavy atom. The Hall–Kier alpha value is -0.166. The number of nitrogens with zero attached hydrogens (tertiary/aromatic N) is 1. The molecular formula is C15H12ClINO2Y-. The number of aromatic nitrogens is 1. The molecule has 0 saturated carbocycles. The maximum Gasteiger partial charge on any atom is 0.207 e. The van der Waals surface area contributed by atoms with Crippen LogP contribution in [-0.2, 0) is 39.8 Å². The number of benzene rings is 1. The van der Waals surface area contributed by atoms with Gasteiger partial charge in [0.2, 0.25) is 5.56 Å². The first-order chi connectivity index (χ1) is 9.54. The minimum atomic E-state index is -0.0672. The second-order valence-corrected chi connectivity index (χ2v) is 5.66. The average molecular weight is 490 g/mol. The van der Waals surface area contributed by atoms with Crippen LogP contribution in [0.4, 0.5) is 0 Å². The van der Waals surface area contributed by atoms with E-state index in [0.717, 1.165) is 5.56 Å². The fraction of sp³-hybridized carbons (Fsp3) is 0.133. The van der Waals surface area contributed by atoms with Crippen molar-refractivity contribution in [2.24, 2.45) is 7.05 Å². The van der Waals surface area contributed by atoms with Crippen LogP contribution in [0.3, 0.4) is 0 Å². The number of pyridine rings is 1. The Labute approximate surface area is 167 Å². The Morgan fingerprint density at radius 3 is 2.86 bits per heavy atom. The van der Waals surface area contributed by atoms with Gasteiger partial charge in [0.1, 0.15) is 12.4 Å². The van der Waals surface area contributed by atoms with E-state index in [-0.39, 0.29) is 38.3 Å². The van der Waals surface area contributed by atoms with Gasteiger partial charge in [-0.15, -0.1) is 28.7 Å². The Morgan fingerprint density at radius 1 is 1.52 bits per heavy atom. The van der Waals surface area contributed by atoms with Crippen LogP contribution in [0.5, 0.6) is 5.75 Å². The van der Waals surface area contributed by atoms with E-state index >= 15 is 0 Å². The maximum absolute atomic E-state index is 11.9. The van der Waals surface area contributed by atoms with Crippen LogP contribution < -0.4 is 10.3 Å². The zero-order valence-electron chi connectivity index (χ0n) is 11.4. The quantitative estimate of drug-likeness (QED) is 0.373. The van der Waals surface area contributed by atoms with Crippen molar-refractivity contribution >= 4 is 34.2 Å². The van der Waals surface area contributed by atoms with Crippen molar-refractivity contribution in [3.63, 3.8) is 0 Å². The molecule has 107 valence electrons. The molecular weight excluding hydrogens is 477 g/mol. The van der Waals surface area contributed by atoms with E-state index in [2.05, 4.69) is 12.6 Å². The second-order valence-electron chi connectivity index (χ2n) is 4.09. The molecule has 2 aromatic rings. The molecule has 0 aliphatic heterocycles. The van der Waals surface area contributed by atoms with Crippen LogP contribution in [0.1, 0.15) is 0 Å². The minimum Gasteiger partial charge on any atom is -0.490 e. The van der Waals surface area contributed by atoms with Crippen LogP contribution in [0.15, 0.2) is 41.7 Å². The summed E-state index contributed by atoms with van der Waals surface area (Å²) < 4.78 is 7.57. The van der Waals surface area contributed by atoms with Gasteiger partial charge in [0.15, 0.2) is 0 Å². The average Bonchev–Trinajstić information content (AvgIpc) is 2.44. The molecule has 1 aromatic carbocycles. The fourth-order valence-electron chi connectivity index (χ4n) is 1.74. The normalized spacial score (nSPS) is 9.86. The fourth-order valence-corrected chi connectivity index (χ4v) is 2.52. The summed E-state index contributed by atoms with van der Waals surface area (Å²) in [5, 5.41) is 0.513. The van der Waals surface area contributed by atoms with Crippen molar-refractivity contribution in [3.05, 3.63) is 61.9 Å². The van der Waals surface area contributed by atoms with Gasteiger partial charge in [0.05, 0.1) is 0 Å². The summed E-state index contributed by atoms with van der Waals surface area (Å²) in [5.74, 6) is 0.661. The third-order valence-corrected chi connectivity index (χ3v) is 3.83. The first kappa shape index (κ1) is 18.9. The predicted octanol–water partition coefficient (Wildman–Crippen LogP) is 3.67. The molecule has 0 atom stereocenters.